The van der Waals surface area contributed by atoms with E-state index in [0.717, 1.165) is 16.7 Å². The molecule has 0 radical (unpaired) electrons. The van der Waals surface area contributed by atoms with Crippen LogP contribution in [-0.2, 0) is 35.5 Å². The Balaban J connectivity index is 1.71. The van der Waals surface area contributed by atoms with E-state index in [1.807, 2.05) is 72.8 Å². The fraction of sp³-hybridized carbons (Fsp3) is 0.310. The number of esters is 1. The standard InChI is InChI=1S/C29H31NO6S/c1-3-18-37(33,34)29(25-16-14-24(15-17-25)23-12-8-5-9-13-23)19-26(27(31)35-2)30(21-29)28(32)36-20-22-10-6-4-7-11-22/h4-17,26H,3,18-21H2,1-2H3. The Morgan fingerprint density at radius 1 is 0.919 bits per heavy atom. The molecule has 3 aromatic rings. The van der Waals surface area contributed by atoms with Crippen LogP contribution in [0.1, 0.15) is 30.9 Å². The van der Waals surface area contributed by atoms with Gasteiger partial charge in [-0.15, -0.1) is 0 Å². The number of methoxy groups -OCH3 is 1. The van der Waals surface area contributed by atoms with Gasteiger partial charge in [0.05, 0.1) is 12.9 Å². The normalized spacial score (nSPS) is 19.4. The molecular weight excluding hydrogens is 490 g/mol. The van der Waals surface area contributed by atoms with Gasteiger partial charge in [0, 0.05) is 13.0 Å². The molecule has 4 rings (SSSR count). The van der Waals surface area contributed by atoms with E-state index in [9.17, 15) is 18.0 Å². The minimum absolute atomic E-state index is 0.00451. The minimum atomic E-state index is -3.77. The van der Waals surface area contributed by atoms with Crippen LogP contribution in [-0.4, -0.2) is 50.8 Å². The van der Waals surface area contributed by atoms with Crippen LogP contribution in [0.4, 0.5) is 4.79 Å². The van der Waals surface area contributed by atoms with Gasteiger partial charge in [0.1, 0.15) is 17.4 Å². The average molecular weight is 522 g/mol. The van der Waals surface area contributed by atoms with Crippen LogP contribution in [0.2, 0.25) is 0 Å². The van der Waals surface area contributed by atoms with Gasteiger partial charge in [-0.1, -0.05) is 91.9 Å². The summed E-state index contributed by atoms with van der Waals surface area (Å²) in [4.78, 5) is 27.2. The van der Waals surface area contributed by atoms with Crippen LogP contribution < -0.4 is 0 Å². The predicted molar refractivity (Wildman–Crippen MR) is 141 cm³/mol. The molecule has 194 valence electrons. The van der Waals surface area contributed by atoms with Gasteiger partial charge >= 0.3 is 12.1 Å². The number of likely N-dealkylation sites (tertiary alicyclic amines) is 1. The largest absolute Gasteiger partial charge is 0.467 e. The first-order chi connectivity index (χ1) is 17.8. The highest BCUT2D eigenvalue weighted by atomic mass is 32.2. The number of carbonyl (C=O) groups is 2. The van der Waals surface area contributed by atoms with E-state index in [-0.39, 0.29) is 25.3 Å². The van der Waals surface area contributed by atoms with Crippen molar-refractivity contribution in [3.05, 3.63) is 96.1 Å². The Kier molecular flexibility index (Phi) is 7.97. The Morgan fingerprint density at radius 3 is 2.11 bits per heavy atom. The molecule has 2 unspecified atom stereocenters. The molecule has 7 nitrogen and oxygen atoms in total. The molecule has 37 heavy (non-hydrogen) atoms. The molecule has 1 aliphatic heterocycles. The second-order valence-electron chi connectivity index (χ2n) is 9.17. The second kappa shape index (κ2) is 11.2. The molecule has 1 saturated heterocycles. The van der Waals surface area contributed by atoms with Crippen molar-refractivity contribution in [3.8, 4) is 11.1 Å². The van der Waals surface area contributed by atoms with Crippen LogP contribution in [0.25, 0.3) is 11.1 Å². The zero-order valence-corrected chi connectivity index (χ0v) is 21.8. The van der Waals surface area contributed by atoms with E-state index < -0.39 is 32.7 Å². The number of sulfone groups is 1. The van der Waals surface area contributed by atoms with Gasteiger partial charge in [-0.25, -0.2) is 18.0 Å². The van der Waals surface area contributed by atoms with E-state index >= 15 is 0 Å². The Morgan fingerprint density at radius 2 is 1.51 bits per heavy atom. The van der Waals surface area contributed by atoms with E-state index in [0.29, 0.717) is 12.0 Å². The number of hydrogen-bond acceptors (Lipinski definition) is 6. The van der Waals surface area contributed by atoms with Crippen LogP contribution in [0.3, 0.4) is 0 Å². The van der Waals surface area contributed by atoms with Crippen LogP contribution in [0, 0.1) is 0 Å². The van der Waals surface area contributed by atoms with E-state index in [1.54, 1.807) is 19.1 Å². The van der Waals surface area contributed by atoms with Crippen LogP contribution in [0.15, 0.2) is 84.9 Å². The lowest BCUT2D eigenvalue weighted by atomic mass is 9.93. The van der Waals surface area contributed by atoms with Gasteiger partial charge in [-0.2, -0.15) is 0 Å². The third-order valence-electron chi connectivity index (χ3n) is 6.82. The molecule has 0 aromatic heterocycles. The Bertz CT molecular complexity index is 1330. The van der Waals surface area contributed by atoms with Crippen molar-refractivity contribution in [2.75, 3.05) is 19.4 Å². The third kappa shape index (κ3) is 5.39. The molecule has 1 fully saturated rings. The maximum absolute atomic E-state index is 13.8. The Hall–Kier alpha value is -3.65. The first kappa shape index (κ1) is 26.4. The summed E-state index contributed by atoms with van der Waals surface area (Å²) in [6.07, 6.45) is -0.450. The molecular formula is C29H31NO6S. The zero-order chi connectivity index (χ0) is 26.5. The number of benzene rings is 3. The molecule has 0 saturated carbocycles. The highest BCUT2D eigenvalue weighted by Crippen LogP contribution is 2.44. The molecule has 0 aliphatic carbocycles. The first-order valence-corrected chi connectivity index (χ1v) is 13.9. The first-order valence-electron chi connectivity index (χ1n) is 12.2. The summed E-state index contributed by atoms with van der Waals surface area (Å²) in [5.74, 6) is -0.750. The van der Waals surface area contributed by atoms with E-state index in [2.05, 4.69) is 0 Å². The lowest BCUT2D eigenvalue weighted by molar-refractivity contribution is -0.145. The van der Waals surface area contributed by atoms with Gasteiger partial charge in [0.2, 0.25) is 0 Å². The molecule has 1 amide bonds. The van der Waals surface area contributed by atoms with E-state index in [4.69, 9.17) is 9.47 Å². The number of ether oxygens (including phenoxy) is 2. The topological polar surface area (TPSA) is 90.0 Å². The molecule has 8 heteroatoms. The molecule has 1 aliphatic rings. The van der Waals surface area contributed by atoms with Gasteiger partial charge in [0.15, 0.2) is 9.84 Å². The number of hydrogen-bond donors (Lipinski definition) is 0. The average Bonchev–Trinajstić information content (AvgIpc) is 3.35. The third-order valence-corrected chi connectivity index (χ3v) is 9.49. The van der Waals surface area contributed by atoms with Crippen LogP contribution >= 0.6 is 0 Å². The van der Waals surface area contributed by atoms with Crippen molar-refractivity contribution in [1.29, 1.82) is 0 Å². The quantitative estimate of drug-likeness (QED) is 0.389. The highest BCUT2D eigenvalue weighted by molar-refractivity contribution is 7.92. The zero-order valence-electron chi connectivity index (χ0n) is 21.0. The maximum atomic E-state index is 13.8. The summed E-state index contributed by atoms with van der Waals surface area (Å²) in [5, 5.41) is 0. The summed E-state index contributed by atoms with van der Waals surface area (Å²) in [5.41, 5.74) is 3.26. The lowest BCUT2D eigenvalue weighted by Gasteiger charge is -2.29. The molecule has 0 spiro atoms. The molecule has 3 aromatic carbocycles. The summed E-state index contributed by atoms with van der Waals surface area (Å²) in [6.45, 7) is 1.60. The van der Waals surface area contributed by atoms with Crippen molar-refractivity contribution >= 4 is 21.9 Å². The summed E-state index contributed by atoms with van der Waals surface area (Å²) >= 11 is 0. The van der Waals surface area contributed by atoms with Crippen LogP contribution in [0.5, 0.6) is 0 Å². The second-order valence-corrected chi connectivity index (χ2v) is 11.6. The fourth-order valence-corrected chi connectivity index (χ4v) is 7.06. The lowest BCUT2D eigenvalue weighted by Crippen LogP contribution is -2.43. The Labute approximate surface area is 217 Å². The summed E-state index contributed by atoms with van der Waals surface area (Å²) in [6, 6.07) is 25.1. The van der Waals surface area contributed by atoms with Crippen molar-refractivity contribution in [1.82, 2.24) is 4.90 Å². The maximum Gasteiger partial charge on any atom is 0.410 e. The van der Waals surface area contributed by atoms with Gasteiger partial charge < -0.3 is 9.47 Å². The molecule has 1 heterocycles. The number of amides is 1. The summed E-state index contributed by atoms with van der Waals surface area (Å²) < 4.78 is 36.6. The van der Waals surface area contributed by atoms with Crippen molar-refractivity contribution in [2.45, 2.75) is 37.2 Å². The molecule has 0 bridgehead atoms. The van der Waals surface area contributed by atoms with Crippen molar-refractivity contribution in [3.63, 3.8) is 0 Å². The van der Waals surface area contributed by atoms with Crippen molar-refractivity contribution in [2.24, 2.45) is 0 Å². The van der Waals surface area contributed by atoms with Gasteiger partial charge in [-0.3, -0.25) is 4.90 Å². The fourth-order valence-electron chi connectivity index (χ4n) is 4.89. The smallest absolute Gasteiger partial charge is 0.410 e. The number of carbonyl (C=O) groups excluding carboxylic acids is 2. The molecule has 2 atom stereocenters. The van der Waals surface area contributed by atoms with Gasteiger partial charge in [0.25, 0.3) is 0 Å². The van der Waals surface area contributed by atoms with Gasteiger partial charge in [-0.05, 0) is 28.7 Å². The number of rotatable bonds is 8. The predicted octanol–water partition coefficient (Wildman–Crippen LogP) is 4.96. The SMILES string of the molecule is CCCS(=O)(=O)C1(c2ccc(-c3ccccc3)cc2)CC(C(=O)OC)N(C(=O)OCc2ccccc2)C1. The molecule has 0 N–H and O–H groups in total. The monoisotopic (exact) mass is 521 g/mol. The highest BCUT2D eigenvalue weighted by Gasteiger charge is 2.57. The van der Waals surface area contributed by atoms with E-state index in [1.165, 1.54) is 12.0 Å². The van der Waals surface area contributed by atoms with Crippen molar-refractivity contribution < 1.29 is 27.5 Å². The number of nitrogens with zero attached hydrogens (tertiary/aromatic N) is 1. The summed E-state index contributed by atoms with van der Waals surface area (Å²) in [7, 11) is -2.54. The minimum Gasteiger partial charge on any atom is -0.467 e.